The van der Waals surface area contributed by atoms with Crippen molar-refractivity contribution in [3.63, 3.8) is 0 Å². The van der Waals surface area contributed by atoms with Crippen LogP contribution in [0.4, 0.5) is 4.39 Å². The summed E-state index contributed by atoms with van der Waals surface area (Å²) in [6.45, 7) is 1.68. The van der Waals surface area contributed by atoms with Crippen LogP contribution in [-0.2, 0) is 5.75 Å². The second-order valence-corrected chi connectivity index (χ2v) is 6.81. The van der Waals surface area contributed by atoms with Crippen molar-refractivity contribution in [2.45, 2.75) is 17.0 Å². The molecular weight excluding hydrogens is 353 g/mol. The number of hydrogen-bond donors (Lipinski definition) is 1. The molecule has 0 aliphatic carbocycles. The van der Waals surface area contributed by atoms with Crippen molar-refractivity contribution < 1.29 is 14.3 Å². The largest absolute Gasteiger partial charge is 0.477 e. The fourth-order valence-electron chi connectivity index (χ4n) is 1.41. The number of benzene rings is 1. The lowest BCUT2D eigenvalue weighted by atomic mass is 10.2. The SMILES string of the molecule is Cc1nc(SCc2ccc(F)c(Br)c2)sc1C(=O)O. The first-order chi connectivity index (χ1) is 8.97. The van der Waals surface area contributed by atoms with Crippen molar-refractivity contribution in [2.75, 3.05) is 0 Å². The summed E-state index contributed by atoms with van der Waals surface area (Å²) in [5.74, 6) is -0.636. The lowest BCUT2D eigenvalue weighted by Gasteiger charge is -2.00. The van der Waals surface area contributed by atoms with Crippen molar-refractivity contribution >= 4 is 45.0 Å². The van der Waals surface area contributed by atoms with Crippen LogP contribution in [0.2, 0.25) is 0 Å². The third-order valence-electron chi connectivity index (χ3n) is 2.32. The molecular formula is C12H9BrFNO2S2. The Morgan fingerprint density at radius 1 is 1.58 bits per heavy atom. The molecule has 0 saturated heterocycles. The molecule has 1 N–H and O–H groups in total. The number of thiazole rings is 1. The van der Waals surface area contributed by atoms with Gasteiger partial charge in [-0.1, -0.05) is 17.8 Å². The molecule has 0 aliphatic heterocycles. The lowest BCUT2D eigenvalue weighted by molar-refractivity contribution is 0.0701. The molecule has 19 heavy (non-hydrogen) atoms. The smallest absolute Gasteiger partial charge is 0.347 e. The monoisotopic (exact) mass is 361 g/mol. The molecule has 2 rings (SSSR count). The van der Waals surface area contributed by atoms with Crippen LogP contribution in [-0.4, -0.2) is 16.1 Å². The maximum atomic E-state index is 13.1. The zero-order valence-corrected chi connectivity index (χ0v) is 13.0. The average Bonchev–Trinajstić information content (AvgIpc) is 2.72. The summed E-state index contributed by atoms with van der Waals surface area (Å²) in [5, 5.41) is 8.94. The number of carbonyl (C=O) groups is 1. The molecule has 0 spiro atoms. The maximum Gasteiger partial charge on any atom is 0.347 e. The summed E-state index contributed by atoms with van der Waals surface area (Å²) in [7, 11) is 0. The Morgan fingerprint density at radius 2 is 2.32 bits per heavy atom. The predicted molar refractivity (Wildman–Crippen MR) is 77.5 cm³/mol. The highest BCUT2D eigenvalue weighted by Crippen LogP contribution is 2.30. The van der Waals surface area contributed by atoms with E-state index >= 15 is 0 Å². The van der Waals surface area contributed by atoms with E-state index in [9.17, 15) is 9.18 Å². The highest BCUT2D eigenvalue weighted by molar-refractivity contribution is 9.10. The van der Waals surface area contributed by atoms with Crippen LogP contribution >= 0.6 is 39.0 Å². The van der Waals surface area contributed by atoms with Gasteiger partial charge in [0.2, 0.25) is 0 Å². The Labute approximate surface area is 126 Å². The zero-order chi connectivity index (χ0) is 14.0. The lowest BCUT2D eigenvalue weighted by Crippen LogP contribution is -1.94. The molecule has 0 saturated carbocycles. The van der Waals surface area contributed by atoms with Gasteiger partial charge >= 0.3 is 5.97 Å². The minimum Gasteiger partial charge on any atom is -0.477 e. The fraction of sp³-hybridized carbons (Fsp3) is 0.167. The number of aromatic carboxylic acids is 1. The van der Waals surface area contributed by atoms with E-state index in [1.165, 1.54) is 17.8 Å². The number of hydrogen-bond acceptors (Lipinski definition) is 4. The maximum absolute atomic E-state index is 13.1. The average molecular weight is 362 g/mol. The number of rotatable bonds is 4. The van der Waals surface area contributed by atoms with Gasteiger partial charge in [0, 0.05) is 5.75 Å². The van der Waals surface area contributed by atoms with Gasteiger partial charge in [-0.25, -0.2) is 14.2 Å². The van der Waals surface area contributed by atoms with Crippen molar-refractivity contribution in [2.24, 2.45) is 0 Å². The third kappa shape index (κ3) is 3.55. The molecule has 2 aromatic rings. The van der Waals surface area contributed by atoms with Gasteiger partial charge in [0.1, 0.15) is 10.7 Å². The summed E-state index contributed by atoms with van der Waals surface area (Å²) in [4.78, 5) is 15.4. The van der Waals surface area contributed by atoms with E-state index in [0.29, 0.717) is 20.3 Å². The van der Waals surface area contributed by atoms with Crippen molar-refractivity contribution in [1.82, 2.24) is 4.98 Å². The molecule has 100 valence electrons. The fourth-order valence-corrected chi connectivity index (χ4v) is 3.80. The van der Waals surface area contributed by atoms with Gasteiger partial charge in [-0.2, -0.15) is 0 Å². The summed E-state index contributed by atoms with van der Waals surface area (Å²) in [6.07, 6.45) is 0. The molecule has 0 radical (unpaired) electrons. The number of aromatic nitrogens is 1. The van der Waals surface area contributed by atoms with E-state index in [-0.39, 0.29) is 10.7 Å². The minimum atomic E-state index is -0.952. The highest BCUT2D eigenvalue weighted by atomic mass is 79.9. The highest BCUT2D eigenvalue weighted by Gasteiger charge is 2.14. The molecule has 7 heteroatoms. The molecule has 1 aromatic carbocycles. The van der Waals surface area contributed by atoms with E-state index < -0.39 is 5.97 Å². The van der Waals surface area contributed by atoms with Crippen LogP contribution in [0.25, 0.3) is 0 Å². The van der Waals surface area contributed by atoms with Gasteiger partial charge < -0.3 is 5.11 Å². The van der Waals surface area contributed by atoms with E-state index in [1.807, 2.05) is 0 Å². The molecule has 0 amide bonds. The Bertz CT molecular complexity index is 630. The van der Waals surface area contributed by atoms with Crippen LogP contribution in [0.3, 0.4) is 0 Å². The van der Waals surface area contributed by atoms with Gasteiger partial charge in [0.25, 0.3) is 0 Å². The Hall–Kier alpha value is -0.920. The molecule has 0 aliphatic rings. The van der Waals surface area contributed by atoms with Gasteiger partial charge in [-0.05, 0) is 40.5 Å². The molecule has 1 heterocycles. The Kier molecular flexibility index (Phi) is 4.59. The number of carboxylic acids is 1. The second-order valence-electron chi connectivity index (χ2n) is 3.74. The summed E-state index contributed by atoms with van der Waals surface area (Å²) in [5.41, 5.74) is 1.48. The quantitative estimate of drug-likeness (QED) is 0.822. The van der Waals surface area contributed by atoms with Crippen LogP contribution in [0.1, 0.15) is 20.9 Å². The number of thioether (sulfide) groups is 1. The standard InChI is InChI=1S/C12H9BrFNO2S2/c1-6-10(11(16)17)19-12(15-6)18-5-7-2-3-9(14)8(13)4-7/h2-4H,5H2,1H3,(H,16,17). The van der Waals surface area contributed by atoms with E-state index in [1.54, 1.807) is 19.1 Å². The van der Waals surface area contributed by atoms with Gasteiger partial charge in [-0.15, -0.1) is 11.3 Å². The third-order valence-corrected chi connectivity index (χ3v) is 5.28. The number of halogens is 2. The number of carboxylic acid groups (broad SMARTS) is 1. The topological polar surface area (TPSA) is 50.2 Å². The minimum absolute atomic E-state index is 0.266. The van der Waals surface area contributed by atoms with E-state index in [2.05, 4.69) is 20.9 Å². The molecule has 0 fully saturated rings. The first-order valence-electron chi connectivity index (χ1n) is 5.25. The molecule has 0 bridgehead atoms. The number of aryl methyl sites for hydroxylation is 1. The van der Waals surface area contributed by atoms with Crippen molar-refractivity contribution in [3.8, 4) is 0 Å². The zero-order valence-electron chi connectivity index (χ0n) is 9.81. The van der Waals surface area contributed by atoms with E-state index in [4.69, 9.17) is 5.11 Å². The molecule has 3 nitrogen and oxygen atoms in total. The van der Waals surface area contributed by atoms with Crippen molar-refractivity contribution in [1.29, 1.82) is 0 Å². The predicted octanol–water partition coefficient (Wildman–Crippen LogP) is 4.34. The van der Waals surface area contributed by atoms with Gasteiger partial charge in [-0.3, -0.25) is 0 Å². The summed E-state index contributed by atoms with van der Waals surface area (Å²) < 4.78 is 14.2. The second kappa shape index (κ2) is 6.02. The van der Waals surface area contributed by atoms with Gasteiger partial charge in [0.05, 0.1) is 10.2 Å². The van der Waals surface area contributed by atoms with Crippen LogP contribution in [0.15, 0.2) is 27.0 Å². The van der Waals surface area contributed by atoms with E-state index in [0.717, 1.165) is 16.9 Å². The van der Waals surface area contributed by atoms with Crippen LogP contribution < -0.4 is 0 Å². The first-order valence-corrected chi connectivity index (χ1v) is 7.84. The molecule has 0 atom stereocenters. The molecule has 1 aromatic heterocycles. The van der Waals surface area contributed by atoms with Crippen LogP contribution in [0, 0.1) is 12.7 Å². The normalized spacial score (nSPS) is 10.7. The Balaban J connectivity index is 2.08. The van der Waals surface area contributed by atoms with Crippen molar-refractivity contribution in [3.05, 3.63) is 44.6 Å². The molecule has 0 unspecified atom stereocenters. The number of nitrogens with zero attached hydrogens (tertiary/aromatic N) is 1. The Morgan fingerprint density at radius 3 is 2.89 bits per heavy atom. The van der Waals surface area contributed by atoms with Gasteiger partial charge in [0.15, 0.2) is 4.34 Å². The first kappa shape index (κ1) is 14.5. The van der Waals surface area contributed by atoms with Crippen LogP contribution in [0.5, 0.6) is 0 Å². The summed E-state index contributed by atoms with van der Waals surface area (Å²) in [6, 6.07) is 4.81. The summed E-state index contributed by atoms with van der Waals surface area (Å²) >= 11 is 5.73.